The molecule has 3 aliphatic heterocycles. The molecule has 1 aromatic carbocycles. The minimum atomic E-state index is -0.510. The SMILES string of the molecule is CCN(C(=O)c1cc(F)ccc1Oc1nncnc1N1CC2(CC(Oc3ccnc4c3CN(CCCN3CCCCCOC3)CC4)C2)C1)C(C)C. The zero-order chi connectivity index (χ0) is 35.4. The van der Waals surface area contributed by atoms with Crippen molar-refractivity contribution in [3.8, 4) is 17.4 Å². The van der Waals surface area contributed by atoms with Crippen LogP contribution in [-0.2, 0) is 17.7 Å². The third kappa shape index (κ3) is 8.10. The largest absolute Gasteiger partial charge is 0.490 e. The number of ether oxygens (including phenoxy) is 3. The van der Waals surface area contributed by atoms with Crippen molar-refractivity contribution < 1.29 is 23.4 Å². The van der Waals surface area contributed by atoms with Gasteiger partial charge in [0.1, 0.15) is 29.7 Å². The third-order valence-corrected chi connectivity index (χ3v) is 10.8. The number of nitrogens with zero attached hydrogens (tertiary/aromatic N) is 8. The van der Waals surface area contributed by atoms with Gasteiger partial charge < -0.3 is 24.0 Å². The van der Waals surface area contributed by atoms with Gasteiger partial charge >= 0.3 is 0 Å². The van der Waals surface area contributed by atoms with Gasteiger partial charge in [-0.25, -0.2) is 9.37 Å². The maximum Gasteiger partial charge on any atom is 0.282 e. The second-order valence-corrected chi connectivity index (χ2v) is 14.9. The standard InChI is InChI=1S/C38H51FN8O4/c1-4-47(27(2)3)37(48)30-19-28(39)9-10-33(30)51-36-35(41-25-42-43-36)46-23-38(24-46)20-29(21-38)50-34-11-13-40-32-12-17-44(22-31(32)34)15-8-16-45-14-6-5-7-18-49-26-45/h9-11,13,19,25,27,29H,4-8,12,14-18,20-24,26H2,1-3H3. The second-order valence-electron chi connectivity index (χ2n) is 14.9. The molecule has 0 unspecified atom stereocenters. The van der Waals surface area contributed by atoms with E-state index in [-0.39, 0.29) is 40.7 Å². The fourth-order valence-corrected chi connectivity index (χ4v) is 8.08. The Balaban J connectivity index is 0.933. The first-order valence-corrected chi connectivity index (χ1v) is 18.7. The molecule has 3 aromatic rings. The van der Waals surface area contributed by atoms with Crippen LogP contribution in [0.2, 0.25) is 0 Å². The van der Waals surface area contributed by atoms with Gasteiger partial charge in [-0.2, -0.15) is 0 Å². The third-order valence-electron chi connectivity index (χ3n) is 10.8. The molecule has 274 valence electrons. The van der Waals surface area contributed by atoms with Crippen LogP contribution in [0.5, 0.6) is 17.4 Å². The summed E-state index contributed by atoms with van der Waals surface area (Å²) >= 11 is 0. The average Bonchev–Trinajstić information content (AvgIpc) is 3.07. The molecule has 2 aromatic heterocycles. The highest BCUT2D eigenvalue weighted by atomic mass is 19.1. The predicted molar refractivity (Wildman–Crippen MR) is 191 cm³/mol. The molecule has 1 spiro atoms. The number of rotatable bonds is 12. The minimum absolute atomic E-state index is 0.0523. The van der Waals surface area contributed by atoms with Crippen LogP contribution in [0, 0.1) is 11.2 Å². The van der Waals surface area contributed by atoms with E-state index in [1.165, 1.54) is 49.4 Å². The van der Waals surface area contributed by atoms with E-state index >= 15 is 0 Å². The van der Waals surface area contributed by atoms with E-state index in [2.05, 4.69) is 29.9 Å². The molecule has 0 radical (unpaired) electrons. The van der Waals surface area contributed by atoms with Crippen molar-refractivity contribution in [1.29, 1.82) is 0 Å². The summed E-state index contributed by atoms with van der Waals surface area (Å²) in [6.07, 6.45) is 11.1. The highest BCUT2D eigenvalue weighted by Gasteiger charge is 2.54. The van der Waals surface area contributed by atoms with Crippen molar-refractivity contribution in [2.24, 2.45) is 5.41 Å². The molecule has 0 N–H and O–H groups in total. The number of pyridine rings is 1. The first-order valence-electron chi connectivity index (χ1n) is 18.7. The highest BCUT2D eigenvalue weighted by Crippen LogP contribution is 2.52. The van der Waals surface area contributed by atoms with E-state index in [1.807, 2.05) is 33.0 Å². The number of aromatic nitrogens is 4. The molecule has 5 heterocycles. The van der Waals surface area contributed by atoms with Crippen molar-refractivity contribution >= 4 is 11.7 Å². The lowest BCUT2D eigenvalue weighted by Crippen LogP contribution is -2.65. The number of carbonyl (C=O) groups excluding carboxylic acids is 1. The number of amides is 1. The van der Waals surface area contributed by atoms with Crippen LogP contribution >= 0.6 is 0 Å². The van der Waals surface area contributed by atoms with Crippen LogP contribution in [0.4, 0.5) is 10.2 Å². The summed E-state index contributed by atoms with van der Waals surface area (Å²) in [6.45, 7) is 14.6. The summed E-state index contributed by atoms with van der Waals surface area (Å²) < 4.78 is 32.9. The minimum Gasteiger partial charge on any atom is -0.490 e. The Hall–Kier alpha value is -3.94. The van der Waals surface area contributed by atoms with Crippen LogP contribution in [0.15, 0.2) is 36.8 Å². The quantitative estimate of drug-likeness (QED) is 0.245. The number of hydrogen-bond donors (Lipinski definition) is 0. The van der Waals surface area contributed by atoms with E-state index in [9.17, 15) is 9.18 Å². The zero-order valence-corrected chi connectivity index (χ0v) is 30.2. The smallest absolute Gasteiger partial charge is 0.282 e. The van der Waals surface area contributed by atoms with Crippen LogP contribution in [0.3, 0.4) is 0 Å². The van der Waals surface area contributed by atoms with E-state index in [0.717, 1.165) is 96.3 Å². The van der Waals surface area contributed by atoms with Crippen LogP contribution in [0.25, 0.3) is 0 Å². The van der Waals surface area contributed by atoms with Crippen molar-refractivity contribution in [3.05, 3.63) is 59.4 Å². The molecule has 7 rings (SSSR count). The molecule has 1 aliphatic carbocycles. The summed E-state index contributed by atoms with van der Waals surface area (Å²) in [4.78, 5) is 31.4. The molecule has 13 heteroatoms. The van der Waals surface area contributed by atoms with E-state index < -0.39 is 5.82 Å². The summed E-state index contributed by atoms with van der Waals surface area (Å²) in [5.74, 6) is 1.12. The Morgan fingerprint density at radius 2 is 1.92 bits per heavy atom. The lowest BCUT2D eigenvalue weighted by atomic mass is 9.61. The lowest BCUT2D eigenvalue weighted by molar-refractivity contribution is -0.0353. The van der Waals surface area contributed by atoms with E-state index in [1.54, 1.807) is 4.90 Å². The summed E-state index contributed by atoms with van der Waals surface area (Å²) in [5.41, 5.74) is 2.67. The molecular weight excluding hydrogens is 651 g/mol. The summed E-state index contributed by atoms with van der Waals surface area (Å²) in [7, 11) is 0. The number of carbonyl (C=O) groups is 1. The van der Waals surface area contributed by atoms with Gasteiger partial charge in [0.15, 0.2) is 5.82 Å². The van der Waals surface area contributed by atoms with Crippen molar-refractivity contribution in [2.75, 3.05) is 64.1 Å². The maximum atomic E-state index is 14.3. The number of benzene rings is 1. The molecule has 0 atom stereocenters. The van der Waals surface area contributed by atoms with Crippen molar-refractivity contribution in [3.63, 3.8) is 0 Å². The Labute approximate surface area is 300 Å². The fraction of sp³-hybridized carbons (Fsp3) is 0.605. The van der Waals surface area contributed by atoms with Crippen LogP contribution in [0.1, 0.15) is 80.9 Å². The summed E-state index contributed by atoms with van der Waals surface area (Å²) in [5, 5.41) is 8.17. The number of halogens is 1. The van der Waals surface area contributed by atoms with Gasteiger partial charge in [-0.15, -0.1) is 10.2 Å². The van der Waals surface area contributed by atoms with Gasteiger partial charge in [0.2, 0.25) is 0 Å². The highest BCUT2D eigenvalue weighted by molar-refractivity contribution is 5.97. The average molecular weight is 703 g/mol. The maximum absolute atomic E-state index is 14.3. The number of hydrogen-bond acceptors (Lipinski definition) is 11. The molecule has 0 bridgehead atoms. The van der Waals surface area contributed by atoms with Gasteiger partial charge in [0, 0.05) is 87.8 Å². The zero-order valence-electron chi connectivity index (χ0n) is 30.2. The normalized spacial score (nSPS) is 19.5. The number of anilines is 1. The van der Waals surface area contributed by atoms with Gasteiger partial charge in [0.05, 0.1) is 12.3 Å². The Bertz CT molecular complexity index is 1650. The van der Waals surface area contributed by atoms with Crippen LogP contribution in [-0.4, -0.2) is 112 Å². The predicted octanol–water partition coefficient (Wildman–Crippen LogP) is 5.32. The van der Waals surface area contributed by atoms with Crippen molar-refractivity contribution in [2.45, 2.75) is 84.4 Å². The molecule has 1 amide bonds. The monoisotopic (exact) mass is 702 g/mol. The van der Waals surface area contributed by atoms with Gasteiger partial charge in [-0.1, -0.05) is 0 Å². The van der Waals surface area contributed by atoms with Crippen LogP contribution < -0.4 is 14.4 Å². The molecular formula is C38H51FN8O4. The Kier molecular flexibility index (Phi) is 11.0. The molecule has 2 saturated heterocycles. The molecule has 51 heavy (non-hydrogen) atoms. The number of fused-ring (bicyclic) bond motifs is 1. The van der Waals surface area contributed by atoms with Gasteiger partial charge in [-0.3, -0.25) is 19.6 Å². The topological polar surface area (TPSA) is 109 Å². The van der Waals surface area contributed by atoms with Gasteiger partial charge in [0.25, 0.3) is 11.8 Å². The second kappa shape index (κ2) is 15.7. The van der Waals surface area contributed by atoms with Gasteiger partial charge in [-0.05, 0) is 90.1 Å². The van der Waals surface area contributed by atoms with E-state index in [4.69, 9.17) is 19.2 Å². The lowest BCUT2D eigenvalue weighted by Gasteiger charge is -2.58. The van der Waals surface area contributed by atoms with Crippen molar-refractivity contribution in [1.82, 2.24) is 34.9 Å². The summed E-state index contributed by atoms with van der Waals surface area (Å²) in [6, 6.07) is 5.93. The fourth-order valence-electron chi connectivity index (χ4n) is 8.08. The Morgan fingerprint density at radius 1 is 1.08 bits per heavy atom. The Morgan fingerprint density at radius 3 is 2.75 bits per heavy atom. The molecule has 12 nitrogen and oxygen atoms in total. The molecule has 1 saturated carbocycles. The first kappa shape index (κ1) is 35.5. The molecule has 3 fully saturated rings. The van der Waals surface area contributed by atoms with E-state index in [0.29, 0.717) is 12.4 Å². The first-order chi connectivity index (χ1) is 24.8. The molecule has 4 aliphatic rings.